The first-order chi connectivity index (χ1) is 7.06. The molecule has 0 aliphatic rings. The van der Waals surface area contributed by atoms with E-state index in [9.17, 15) is 8.42 Å². The summed E-state index contributed by atoms with van der Waals surface area (Å²) >= 11 is 0. The summed E-state index contributed by atoms with van der Waals surface area (Å²) in [7, 11) is -3.39. The van der Waals surface area contributed by atoms with Crippen LogP contribution in [0.2, 0.25) is 0 Å². The molecule has 0 aliphatic heterocycles. The van der Waals surface area contributed by atoms with E-state index in [0.29, 0.717) is 13.0 Å². The number of hydrogen-bond acceptors (Lipinski definition) is 3. The first-order valence-corrected chi connectivity index (χ1v) is 6.32. The van der Waals surface area contributed by atoms with Crippen LogP contribution in [0.5, 0.6) is 0 Å². The minimum atomic E-state index is -3.39. The highest BCUT2D eigenvalue weighted by molar-refractivity contribution is 7.89. The predicted molar refractivity (Wildman–Crippen MR) is 59.9 cm³/mol. The van der Waals surface area contributed by atoms with E-state index < -0.39 is 10.0 Å². The summed E-state index contributed by atoms with van der Waals surface area (Å²) in [6, 6.07) is 8.17. The Labute approximate surface area is 90.5 Å². The lowest BCUT2D eigenvalue weighted by Gasteiger charge is -2.12. The van der Waals surface area contributed by atoms with Crippen molar-refractivity contribution in [2.45, 2.75) is 24.3 Å². The Hall–Kier alpha value is -0.910. The second kappa shape index (κ2) is 5.25. The fraction of sp³-hybridized carbons (Fsp3) is 0.400. The average Bonchev–Trinajstić information content (AvgIpc) is 2.18. The minimum absolute atomic E-state index is 0.139. The molecule has 0 amide bonds. The smallest absolute Gasteiger partial charge is 0.240 e. The molecule has 1 atom stereocenters. The second-order valence-corrected chi connectivity index (χ2v) is 5.13. The van der Waals surface area contributed by atoms with Gasteiger partial charge in [-0.05, 0) is 32.0 Å². The monoisotopic (exact) mass is 228 g/mol. The SMILES string of the molecule is CC(CCN)NS(=O)(=O)c1ccccc1. The van der Waals surface area contributed by atoms with Crippen LogP contribution >= 0.6 is 0 Å². The molecule has 0 fully saturated rings. The Morgan fingerprint density at radius 1 is 1.33 bits per heavy atom. The molecule has 0 heterocycles. The summed E-state index contributed by atoms with van der Waals surface area (Å²) in [5.74, 6) is 0. The zero-order valence-electron chi connectivity index (χ0n) is 8.68. The molecule has 1 aromatic rings. The Morgan fingerprint density at radius 2 is 1.93 bits per heavy atom. The van der Waals surface area contributed by atoms with Crippen LogP contribution in [0.15, 0.2) is 35.2 Å². The van der Waals surface area contributed by atoms with Crippen molar-refractivity contribution in [3.8, 4) is 0 Å². The van der Waals surface area contributed by atoms with Crippen molar-refractivity contribution in [3.05, 3.63) is 30.3 Å². The van der Waals surface area contributed by atoms with Crippen LogP contribution in [-0.2, 0) is 10.0 Å². The summed E-state index contributed by atoms with van der Waals surface area (Å²) < 4.78 is 26.1. The molecular formula is C10H16N2O2S. The van der Waals surface area contributed by atoms with Crippen molar-refractivity contribution in [2.24, 2.45) is 5.73 Å². The van der Waals surface area contributed by atoms with E-state index in [2.05, 4.69) is 4.72 Å². The maximum absolute atomic E-state index is 11.8. The maximum atomic E-state index is 11.8. The number of nitrogens with two attached hydrogens (primary N) is 1. The van der Waals surface area contributed by atoms with Crippen LogP contribution in [-0.4, -0.2) is 21.0 Å². The molecule has 0 aliphatic carbocycles. The number of rotatable bonds is 5. The lowest BCUT2D eigenvalue weighted by atomic mass is 10.3. The summed E-state index contributed by atoms with van der Waals surface area (Å²) in [5.41, 5.74) is 5.35. The maximum Gasteiger partial charge on any atom is 0.240 e. The van der Waals surface area contributed by atoms with Crippen molar-refractivity contribution in [2.75, 3.05) is 6.54 Å². The number of benzene rings is 1. The van der Waals surface area contributed by atoms with Gasteiger partial charge in [-0.15, -0.1) is 0 Å². The van der Waals surface area contributed by atoms with E-state index in [0.717, 1.165) is 0 Å². The molecule has 15 heavy (non-hydrogen) atoms. The van der Waals surface area contributed by atoms with E-state index in [1.54, 1.807) is 37.3 Å². The van der Waals surface area contributed by atoms with Crippen molar-refractivity contribution in [1.29, 1.82) is 0 Å². The third kappa shape index (κ3) is 3.62. The molecule has 3 N–H and O–H groups in total. The quantitative estimate of drug-likeness (QED) is 0.779. The van der Waals surface area contributed by atoms with Crippen molar-refractivity contribution >= 4 is 10.0 Å². The van der Waals surface area contributed by atoms with Crippen molar-refractivity contribution < 1.29 is 8.42 Å². The van der Waals surface area contributed by atoms with Gasteiger partial charge in [-0.3, -0.25) is 0 Å². The van der Waals surface area contributed by atoms with Gasteiger partial charge in [0.1, 0.15) is 0 Å². The molecule has 1 unspecified atom stereocenters. The molecule has 0 bridgehead atoms. The lowest BCUT2D eigenvalue weighted by molar-refractivity contribution is 0.550. The van der Waals surface area contributed by atoms with Gasteiger partial charge in [0.05, 0.1) is 4.90 Å². The fourth-order valence-electron chi connectivity index (χ4n) is 1.24. The highest BCUT2D eigenvalue weighted by Gasteiger charge is 2.15. The topological polar surface area (TPSA) is 72.2 Å². The molecule has 1 rings (SSSR count). The van der Waals surface area contributed by atoms with Gasteiger partial charge in [0.25, 0.3) is 0 Å². The summed E-state index contributed by atoms with van der Waals surface area (Å²) in [6.07, 6.45) is 0.631. The number of nitrogens with one attached hydrogen (secondary N) is 1. The largest absolute Gasteiger partial charge is 0.330 e. The van der Waals surface area contributed by atoms with Crippen LogP contribution in [0, 0.1) is 0 Å². The molecule has 0 aromatic heterocycles. The molecule has 1 aromatic carbocycles. The third-order valence-corrected chi connectivity index (χ3v) is 3.61. The van der Waals surface area contributed by atoms with Gasteiger partial charge >= 0.3 is 0 Å². The van der Waals surface area contributed by atoms with Crippen molar-refractivity contribution in [3.63, 3.8) is 0 Å². The minimum Gasteiger partial charge on any atom is -0.330 e. The van der Waals surface area contributed by atoms with Crippen LogP contribution < -0.4 is 10.5 Å². The Balaban J connectivity index is 2.77. The molecule has 0 saturated carbocycles. The Morgan fingerprint density at radius 3 is 2.47 bits per heavy atom. The highest BCUT2D eigenvalue weighted by atomic mass is 32.2. The van der Waals surface area contributed by atoms with Gasteiger partial charge < -0.3 is 5.73 Å². The van der Waals surface area contributed by atoms with Crippen molar-refractivity contribution in [1.82, 2.24) is 4.72 Å². The lowest BCUT2D eigenvalue weighted by Crippen LogP contribution is -2.34. The summed E-state index contributed by atoms with van der Waals surface area (Å²) in [4.78, 5) is 0.286. The average molecular weight is 228 g/mol. The molecule has 0 saturated heterocycles. The first-order valence-electron chi connectivity index (χ1n) is 4.83. The highest BCUT2D eigenvalue weighted by Crippen LogP contribution is 2.08. The molecule has 5 heteroatoms. The summed E-state index contributed by atoms with van der Waals surface area (Å²) in [5, 5.41) is 0. The predicted octanol–water partition coefficient (Wildman–Crippen LogP) is 0.702. The normalized spacial score (nSPS) is 13.7. The van der Waals surface area contributed by atoms with E-state index in [1.807, 2.05) is 0 Å². The Kier molecular flexibility index (Phi) is 4.26. The first kappa shape index (κ1) is 12.2. The van der Waals surface area contributed by atoms with Gasteiger partial charge in [0.2, 0.25) is 10.0 Å². The van der Waals surface area contributed by atoms with Gasteiger partial charge in [0, 0.05) is 6.04 Å². The standard InChI is InChI=1S/C10H16N2O2S/c1-9(7-8-11)12-15(13,14)10-5-3-2-4-6-10/h2-6,9,12H,7-8,11H2,1H3. The van der Waals surface area contributed by atoms with Crippen LogP contribution in [0.3, 0.4) is 0 Å². The number of hydrogen-bond donors (Lipinski definition) is 2. The zero-order chi connectivity index (χ0) is 11.3. The molecule has 4 nitrogen and oxygen atoms in total. The van der Waals surface area contributed by atoms with E-state index >= 15 is 0 Å². The van der Waals surface area contributed by atoms with Crippen LogP contribution in [0.25, 0.3) is 0 Å². The van der Waals surface area contributed by atoms with E-state index in [4.69, 9.17) is 5.73 Å². The van der Waals surface area contributed by atoms with Gasteiger partial charge in [-0.25, -0.2) is 13.1 Å². The zero-order valence-corrected chi connectivity index (χ0v) is 9.50. The molecule has 0 radical (unpaired) electrons. The van der Waals surface area contributed by atoms with Gasteiger partial charge in [-0.1, -0.05) is 18.2 Å². The van der Waals surface area contributed by atoms with Gasteiger partial charge in [-0.2, -0.15) is 0 Å². The van der Waals surface area contributed by atoms with Crippen LogP contribution in [0.4, 0.5) is 0 Å². The van der Waals surface area contributed by atoms with E-state index in [1.165, 1.54) is 0 Å². The fourth-order valence-corrected chi connectivity index (χ4v) is 2.54. The third-order valence-electron chi connectivity index (χ3n) is 2.01. The van der Waals surface area contributed by atoms with Gasteiger partial charge in [0.15, 0.2) is 0 Å². The molecule has 84 valence electrons. The number of sulfonamides is 1. The molecular weight excluding hydrogens is 212 g/mol. The second-order valence-electron chi connectivity index (χ2n) is 3.41. The summed E-state index contributed by atoms with van der Waals surface area (Å²) in [6.45, 7) is 2.27. The van der Waals surface area contributed by atoms with E-state index in [-0.39, 0.29) is 10.9 Å². The molecule has 0 spiro atoms. The van der Waals surface area contributed by atoms with Crippen LogP contribution in [0.1, 0.15) is 13.3 Å². The Bertz CT molecular complexity index is 389.